The summed E-state index contributed by atoms with van der Waals surface area (Å²) in [6, 6.07) is 16.5. The number of ketones is 1. The minimum atomic E-state index is -4.84. The Bertz CT molecular complexity index is 2200. The third-order valence-corrected chi connectivity index (χ3v) is 12.1. The van der Waals surface area contributed by atoms with Gasteiger partial charge in [-0.2, -0.15) is 13.2 Å². The first-order valence-corrected chi connectivity index (χ1v) is 19.0. The van der Waals surface area contributed by atoms with Crippen molar-refractivity contribution in [1.82, 2.24) is 4.90 Å². The third kappa shape index (κ3) is 8.32. The molecule has 1 spiro atoms. The second kappa shape index (κ2) is 15.2. The van der Waals surface area contributed by atoms with Crippen molar-refractivity contribution >= 4 is 23.5 Å². The smallest absolute Gasteiger partial charge is 0.453 e. The van der Waals surface area contributed by atoms with Gasteiger partial charge in [0.05, 0.1) is 23.2 Å². The summed E-state index contributed by atoms with van der Waals surface area (Å²) in [6.07, 6.45) is -4.97. The highest BCUT2D eigenvalue weighted by Gasteiger charge is 2.64. The van der Waals surface area contributed by atoms with Crippen LogP contribution in [0.4, 0.5) is 31.1 Å². The summed E-state index contributed by atoms with van der Waals surface area (Å²) >= 11 is 6.30. The van der Waals surface area contributed by atoms with Crippen LogP contribution in [-0.2, 0) is 23.9 Å². The van der Waals surface area contributed by atoms with E-state index in [0.717, 1.165) is 23.8 Å². The maximum absolute atomic E-state index is 14.5. The van der Waals surface area contributed by atoms with E-state index in [1.54, 1.807) is 11.0 Å². The molecule has 0 unspecified atom stereocenters. The molecule has 1 aliphatic heterocycles. The Balaban J connectivity index is 1.24. The zero-order valence-corrected chi connectivity index (χ0v) is 31.9. The van der Waals surface area contributed by atoms with Gasteiger partial charge in [-0.15, -0.1) is 13.2 Å². The van der Waals surface area contributed by atoms with Crippen molar-refractivity contribution in [1.29, 1.82) is 0 Å². The van der Waals surface area contributed by atoms with Gasteiger partial charge in [-0.05, 0) is 123 Å². The standard InChI is InChI=1S/C43H40ClF6NO6/c1-25-4-3-18-40(2)34(17-19-41(40)24-51(39(54)57-41)23-26-6-11-30(12-7-26)56-43(48,49)50)31-13-8-27(20-29(52)10-5-25)21-32(31)38(53)37-16-15-36(55-37)33-22-28(42(45,46)47)9-14-35(33)44/h4,6-9,11-16,21-22,29,34,52H,3,5,10,17-20,23-24H2,1-2H3/t29-,34-,40-,41+/m0/s1. The van der Waals surface area contributed by atoms with Crippen LogP contribution in [-0.4, -0.2) is 46.5 Å². The second-order valence-electron chi connectivity index (χ2n) is 15.5. The molecule has 2 bridgehead atoms. The summed E-state index contributed by atoms with van der Waals surface area (Å²) in [4.78, 5) is 29.7. The van der Waals surface area contributed by atoms with Crippen LogP contribution >= 0.6 is 11.6 Å². The van der Waals surface area contributed by atoms with E-state index < -0.39 is 47.1 Å². The van der Waals surface area contributed by atoms with E-state index in [2.05, 4.69) is 17.7 Å². The number of furan rings is 1. The summed E-state index contributed by atoms with van der Waals surface area (Å²) in [5.74, 6) is -1.33. The fourth-order valence-corrected chi connectivity index (χ4v) is 8.96. The lowest BCUT2D eigenvalue weighted by atomic mass is 9.65. The molecule has 8 rings (SSSR count). The largest absolute Gasteiger partial charge is 0.573 e. The van der Waals surface area contributed by atoms with Crippen molar-refractivity contribution in [3.63, 3.8) is 0 Å². The minimum absolute atomic E-state index is 0.0124. The molecule has 4 aromatic rings. The number of rotatable bonds is 6. The SMILES string of the molecule is CC1=CCC[C@@]2(C)[C@@H](CC[C@@]23CN(Cc2ccc(OC(F)(F)F)cc2)C(=O)O3)c2ccc(cc2C(=O)c2ccc(-c3cc(C(F)(F)F)ccc3Cl)o2)C[C@@H](O)CC1. The van der Waals surface area contributed by atoms with Gasteiger partial charge in [0.2, 0.25) is 5.78 Å². The summed E-state index contributed by atoms with van der Waals surface area (Å²) < 4.78 is 95.2. The molecule has 2 heterocycles. The number of halogens is 7. The molecule has 0 radical (unpaired) electrons. The zero-order valence-electron chi connectivity index (χ0n) is 31.1. The lowest BCUT2D eigenvalue weighted by molar-refractivity contribution is -0.274. The average Bonchev–Trinajstić information content (AvgIpc) is 3.82. The van der Waals surface area contributed by atoms with Gasteiger partial charge in [0, 0.05) is 23.1 Å². The van der Waals surface area contributed by atoms with Gasteiger partial charge in [-0.25, -0.2) is 4.79 Å². The van der Waals surface area contributed by atoms with Crippen LogP contribution in [0.3, 0.4) is 0 Å². The molecule has 1 saturated heterocycles. The van der Waals surface area contributed by atoms with Crippen LogP contribution in [0.1, 0.15) is 96.7 Å². The van der Waals surface area contributed by atoms with Crippen LogP contribution in [0, 0.1) is 5.41 Å². The number of hydrogen-bond acceptors (Lipinski definition) is 6. The molecule has 302 valence electrons. The fraction of sp³-hybridized carbons (Fsp3) is 0.395. The monoisotopic (exact) mass is 815 g/mol. The quantitative estimate of drug-likeness (QED) is 0.118. The first-order chi connectivity index (χ1) is 26.8. The molecular weight excluding hydrogens is 776 g/mol. The highest BCUT2D eigenvalue weighted by Crippen LogP contribution is 2.62. The molecule has 1 aromatic heterocycles. The van der Waals surface area contributed by atoms with E-state index in [1.807, 2.05) is 19.1 Å². The highest BCUT2D eigenvalue weighted by molar-refractivity contribution is 6.33. The Kier molecular flexibility index (Phi) is 10.8. The molecule has 7 nitrogen and oxygen atoms in total. The van der Waals surface area contributed by atoms with Gasteiger partial charge in [0.25, 0.3) is 0 Å². The number of carbonyl (C=O) groups excluding carboxylic acids is 2. The van der Waals surface area contributed by atoms with Gasteiger partial charge >= 0.3 is 18.6 Å². The van der Waals surface area contributed by atoms with Crippen LogP contribution in [0.5, 0.6) is 5.75 Å². The number of alkyl halides is 6. The Hall–Kier alpha value is -4.75. The van der Waals surface area contributed by atoms with Crippen molar-refractivity contribution < 1.29 is 54.9 Å². The van der Waals surface area contributed by atoms with E-state index in [0.29, 0.717) is 60.8 Å². The van der Waals surface area contributed by atoms with Crippen LogP contribution in [0.15, 0.2) is 88.9 Å². The lowest BCUT2D eigenvalue weighted by Gasteiger charge is -2.43. The molecule has 3 aromatic carbocycles. The number of benzene rings is 3. The normalized spacial score (nSPS) is 24.3. The van der Waals surface area contributed by atoms with Crippen molar-refractivity contribution in [2.24, 2.45) is 5.41 Å². The van der Waals surface area contributed by atoms with Crippen LogP contribution in [0.2, 0.25) is 5.02 Å². The molecule has 1 saturated carbocycles. The van der Waals surface area contributed by atoms with Gasteiger partial charge in [-0.1, -0.05) is 54.4 Å². The first kappa shape index (κ1) is 40.4. The van der Waals surface area contributed by atoms with Gasteiger partial charge < -0.3 is 19.0 Å². The number of allylic oxidation sites excluding steroid dienone is 2. The summed E-state index contributed by atoms with van der Waals surface area (Å²) in [5.41, 5.74) is 0.726. The Morgan fingerprint density at radius 2 is 1.74 bits per heavy atom. The molecule has 1 N–H and O–H groups in total. The van der Waals surface area contributed by atoms with Crippen molar-refractivity contribution in [2.45, 2.75) is 95.5 Å². The maximum Gasteiger partial charge on any atom is 0.573 e. The van der Waals surface area contributed by atoms with E-state index in [4.69, 9.17) is 20.8 Å². The summed E-state index contributed by atoms with van der Waals surface area (Å²) in [7, 11) is 0. The predicted octanol–water partition coefficient (Wildman–Crippen LogP) is 11.4. The van der Waals surface area contributed by atoms with Gasteiger partial charge in [0.1, 0.15) is 17.1 Å². The number of hydrogen-bond donors (Lipinski definition) is 1. The van der Waals surface area contributed by atoms with Crippen molar-refractivity contribution in [3.05, 3.63) is 123 Å². The third-order valence-electron chi connectivity index (χ3n) is 11.8. The number of ether oxygens (including phenoxy) is 2. The second-order valence-corrected chi connectivity index (χ2v) is 15.9. The highest BCUT2D eigenvalue weighted by atomic mass is 35.5. The number of aliphatic hydroxyl groups excluding tert-OH is 1. The van der Waals surface area contributed by atoms with Gasteiger partial charge in [-0.3, -0.25) is 9.69 Å². The van der Waals surface area contributed by atoms with E-state index in [9.17, 15) is 41.0 Å². The number of nitrogens with zero attached hydrogens (tertiary/aromatic N) is 1. The summed E-state index contributed by atoms with van der Waals surface area (Å²) in [6.45, 7) is 4.37. The lowest BCUT2D eigenvalue weighted by Crippen LogP contribution is -2.48. The van der Waals surface area contributed by atoms with Crippen LogP contribution in [0.25, 0.3) is 11.3 Å². The topological polar surface area (TPSA) is 89.2 Å². The molecule has 1 amide bonds. The number of fused-ring (bicyclic) bond motifs is 8. The summed E-state index contributed by atoms with van der Waals surface area (Å²) in [5, 5.41) is 11.0. The molecule has 3 aliphatic carbocycles. The minimum Gasteiger partial charge on any atom is -0.453 e. The average molecular weight is 816 g/mol. The van der Waals surface area contributed by atoms with Crippen LogP contribution < -0.4 is 4.74 Å². The van der Waals surface area contributed by atoms with E-state index in [-0.39, 0.29) is 53.3 Å². The predicted molar refractivity (Wildman–Crippen MR) is 199 cm³/mol. The van der Waals surface area contributed by atoms with E-state index in [1.165, 1.54) is 36.4 Å². The number of aliphatic hydroxyl groups is 1. The molecule has 57 heavy (non-hydrogen) atoms. The maximum atomic E-state index is 14.5. The molecule has 14 heteroatoms. The Labute approximate surface area is 330 Å². The number of amides is 1. The molecule has 2 fully saturated rings. The molecular formula is C43H40ClF6NO6. The van der Waals surface area contributed by atoms with Gasteiger partial charge in [0.15, 0.2) is 5.76 Å². The van der Waals surface area contributed by atoms with E-state index >= 15 is 0 Å². The Morgan fingerprint density at radius 3 is 2.46 bits per heavy atom. The fourth-order valence-electron chi connectivity index (χ4n) is 8.75. The zero-order chi connectivity index (χ0) is 40.9. The number of carbonyl (C=O) groups is 2. The Morgan fingerprint density at radius 1 is 0.982 bits per heavy atom. The first-order valence-electron chi connectivity index (χ1n) is 18.6. The van der Waals surface area contributed by atoms with Crippen molar-refractivity contribution in [2.75, 3.05) is 6.54 Å². The van der Waals surface area contributed by atoms with Crippen molar-refractivity contribution in [3.8, 4) is 17.1 Å². The molecule has 4 aliphatic rings. The molecule has 4 atom stereocenters.